The zero-order chi connectivity index (χ0) is 22.5. The molecule has 6 heteroatoms. The van der Waals surface area contributed by atoms with Crippen molar-refractivity contribution in [1.29, 1.82) is 0 Å². The molecule has 0 unspecified atom stereocenters. The minimum Gasteiger partial charge on any atom is -0.463 e. The van der Waals surface area contributed by atoms with Gasteiger partial charge in [0.1, 0.15) is 0 Å². The summed E-state index contributed by atoms with van der Waals surface area (Å²) in [5, 5.41) is 0. The van der Waals surface area contributed by atoms with E-state index < -0.39 is 0 Å². The summed E-state index contributed by atoms with van der Waals surface area (Å²) in [6, 6.07) is 0. The topological polar surface area (TPSA) is 78.9 Å². The Labute approximate surface area is 184 Å². The molecular formula is C25H34O6. The smallest absolute Gasteiger partial charge is 0.330 e. The number of hydrogen-bond acceptors (Lipinski definition) is 6. The average molecular weight is 431 g/mol. The van der Waals surface area contributed by atoms with E-state index in [0.29, 0.717) is 25.7 Å². The van der Waals surface area contributed by atoms with E-state index in [1.807, 2.05) is 0 Å². The number of carbonyl (C=O) groups is 3. The van der Waals surface area contributed by atoms with Gasteiger partial charge in [-0.15, -0.1) is 0 Å². The zero-order valence-corrected chi connectivity index (χ0v) is 18.4. The molecule has 31 heavy (non-hydrogen) atoms. The largest absolute Gasteiger partial charge is 0.463 e. The van der Waals surface area contributed by atoms with Crippen molar-refractivity contribution >= 4 is 17.9 Å². The molecule has 0 N–H and O–H groups in total. The molecule has 6 nitrogen and oxygen atoms in total. The Morgan fingerprint density at radius 2 is 0.935 bits per heavy atom. The molecule has 0 aromatic heterocycles. The Morgan fingerprint density at radius 3 is 1.19 bits per heavy atom. The molecular weight excluding hydrogens is 396 g/mol. The number of hydrogen-bond donors (Lipinski definition) is 0. The lowest BCUT2D eigenvalue weighted by Gasteiger charge is -2.67. The van der Waals surface area contributed by atoms with Crippen LogP contribution in [0.4, 0.5) is 0 Å². The van der Waals surface area contributed by atoms with Crippen LogP contribution in [0.2, 0.25) is 0 Å². The summed E-state index contributed by atoms with van der Waals surface area (Å²) in [6.45, 7) is 11.6. The summed E-state index contributed by atoms with van der Waals surface area (Å²) in [5.41, 5.74) is 0.309. The molecule has 0 aromatic rings. The van der Waals surface area contributed by atoms with Crippen molar-refractivity contribution < 1.29 is 28.6 Å². The molecule has 0 amide bonds. The highest BCUT2D eigenvalue weighted by Crippen LogP contribution is 2.72. The highest BCUT2D eigenvalue weighted by Gasteiger charge is 2.62. The van der Waals surface area contributed by atoms with Crippen LogP contribution in [0.1, 0.15) is 57.8 Å². The fourth-order valence-electron chi connectivity index (χ4n) is 7.18. The van der Waals surface area contributed by atoms with Crippen LogP contribution >= 0.6 is 0 Å². The van der Waals surface area contributed by atoms with Crippen LogP contribution < -0.4 is 0 Å². The van der Waals surface area contributed by atoms with Gasteiger partial charge in [-0.05, 0) is 80.0 Å². The molecule has 4 rings (SSSR count). The molecule has 4 bridgehead atoms. The maximum absolute atomic E-state index is 11.5. The summed E-state index contributed by atoms with van der Waals surface area (Å²) >= 11 is 0. The fourth-order valence-corrected chi connectivity index (χ4v) is 7.18. The number of carbonyl (C=O) groups excluding carboxylic acids is 3. The van der Waals surface area contributed by atoms with Gasteiger partial charge in [0.05, 0.1) is 19.8 Å². The Balaban J connectivity index is 1.74. The van der Waals surface area contributed by atoms with E-state index in [-0.39, 0.29) is 34.2 Å². The fraction of sp³-hybridized carbons (Fsp3) is 0.640. The van der Waals surface area contributed by atoms with Gasteiger partial charge in [0, 0.05) is 18.2 Å². The Bertz CT molecular complexity index is 645. The van der Waals surface area contributed by atoms with Gasteiger partial charge >= 0.3 is 17.9 Å². The van der Waals surface area contributed by atoms with Gasteiger partial charge in [-0.25, -0.2) is 14.4 Å². The second-order valence-corrected chi connectivity index (χ2v) is 9.87. The maximum atomic E-state index is 11.5. The molecule has 0 heterocycles. The molecule has 0 aromatic carbocycles. The number of ether oxygens (including phenoxy) is 3. The van der Waals surface area contributed by atoms with Crippen molar-refractivity contribution in [3.05, 3.63) is 38.0 Å². The highest BCUT2D eigenvalue weighted by molar-refractivity contribution is 5.81. The molecule has 4 aliphatic rings. The number of esters is 3. The summed E-state index contributed by atoms with van der Waals surface area (Å²) in [5.74, 6) is -0.568. The quantitative estimate of drug-likeness (QED) is 0.261. The SMILES string of the molecule is C=CC(=O)OCCC12CC3CC(CCOC(=O)C=C)(C1)CC(CCOC(=O)C=C)(C3)C2. The second-order valence-electron chi connectivity index (χ2n) is 9.87. The van der Waals surface area contributed by atoms with Crippen LogP contribution in [0.3, 0.4) is 0 Å². The van der Waals surface area contributed by atoms with Gasteiger partial charge in [-0.2, -0.15) is 0 Å². The lowest BCUT2D eigenvalue weighted by Crippen LogP contribution is -2.57. The second kappa shape index (κ2) is 9.41. The summed E-state index contributed by atoms with van der Waals surface area (Å²) in [7, 11) is 0. The summed E-state index contributed by atoms with van der Waals surface area (Å²) in [6.07, 6.45) is 12.7. The van der Waals surface area contributed by atoms with Crippen molar-refractivity contribution in [3.8, 4) is 0 Å². The van der Waals surface area contributed by atoms with Gasteiger partial charge < -0.3 is 14.2 Å². The van der Waals surface area contributed by atoms with Crippen LogP contribution in [0, 0.1) is 22.2 Å². The first-order valence-corrected chi connectivity index (χ1v) is 11.1. The summed E-state index contributed by atoms with van der Waals surface area (Å²) in [4.78, 5) is 34.6. The minimum atomic E-state index is -0.387. The highest BCUT2D eigenvalue weighted by atomic mass is 16.5. The van der Waals surface area contributed by atoms with Crippen LogP contribution in [-0.2, 0) is 28.6 Å². The van der Waals surface area contributed by atoms with Crippen molar-refractivity contribution in [2.24, 2.45) is 22.2 Å². The van der Waals surface area contributed by atoms with Crippen LogP contribution in [0.25, 0.3) is 0 Å². The van der Waals surface area contributed by atoms with E-state index in [4.69, 9.17) is 14.2 Å². The maximum Gasteiger partial charge on any atom is 0.330 e. The van der Waals surface area contributed by atoms with Crippen LogP contribution in [0.15, 0.2) is 38.0 Å². The predicted molar refractivity (Wildman–Crippen MR) is 116 cm³/mol. The normalized spacial score (nSPS) is 32.7. The van der Waals surface area contributed by atoms with Gasteiger partial charge in [-0.1, -0.05) is 19.7 Å². The third kappa shape index (κ3) is 5.46. The van der Waals surface area contributed by atoms with E-state index in [1.54, 1.807) is 0 Å². The molecule has 170 valence electrons. The van der Waals surface area contributed by atoms with E-state index in [0.717, 1.165) is 57.8 Å². The molecule has 0 spiro atoms. The third-order valence-electron chi connectivity index (χ3n) is 7.55. The zero-order valence-electron chi connectivity index (χ0n) is 18.4. The monoisotopic (exact) mass is 430 g/mol. The van der Waals surface area contributed by atoms with Gasteiger partial charge in [0.15, 0.2) is 0 Å². The van der Waals surface area contributed by atoms with E-state index in [9.17, 15) is 14.4 Å². The summed E-state index contributed by atoms with van der Waals surface area (Å²) < 4.78 is 16.0. The van der Waals surface area contributed by atoms with E-state index >= 15 is 0 Å². The molecule has 4 aliphatic carbocycles. The molecule has 0 saturated heterocycles. The van der Waals surface area contributed by atoms with E-state index in [1.165, 1.54) is 18.2 Å². The molecule has 4 saturated carbocycles. The molecule has 0 atom stereocenters. The number of rotatable bonds is 12. The molecule has 0 radical (unpaired) electrons. The van der Waals surface area contributed by atoms with Gasteiger partial charge in [0.2, 0.25) is 0 Å². The van der Waals surface area contributed by atoms with Crippen molar-refractivity contribution in [1.82, 2.24) is 0 Å². The lowest BCUT2D eigenvalue weighted by atomic mass is 9.38. The standard InChI is InChI=1S/C25H34O6/c1-4-20(26)29-10-7-23-13-19-14-24(16-23,8-11-30-21(27)5-2)18-25(15-19,17-23)9-12-31-22(28)6-3/h4-6,19H,1-3,7-18H2. The van der Waals surface area contributed by atoms with Crippen molar-refractivity contribution in [2.75, 3.05) is 19.8 Å². The first kappa shape index (κ1) is 23.3. The Hall–Kier alpha value is -2.37. The molecule has 4 fully saturated rings. The van der Waals surface area contributed by atoms with E-state index in [2.05, 4.69) is 19.7 Å². The Morgan fingerprint density at radius 1 is 0.645 bits per heavy atom. The molecule has 0 aliphatic heterocycles. The van der Waals surface area contributed by atoms with Crippen molar-refractivity contribution in [2.45, 2.75) is 57.8 Å². The Kier molecular flexibility index (Phi) is 7.07. The van der Waals surface area contributed by atoms with Gasteiger partial charge in [-0.3, -0.25) is 0 Å². The van der Waals surface area contributed by atoms with Crippen molar-refractivity contribution in [3.63, 3.8) is 0 Å². The lowest BCUT2D eigenvalue weighted by molar-refractivity contribution is -0.180. The van der Waals surface area contributed by atoms with Crippen LogP contribution in [0.5, 0.6) is 0 Å². The average Bonchev–Trinajstić information content (AvgIpc) is 2.71. The minimum absolute atomic E-state index is 0.103. The predicted octanol–water partition coefficient (Wildman–Crippen LogP) is 4.30. The van der Waals surface area contributed by atoms with Gasteiger partial charge in [0.25, 0.3) is 0 Å². The first-order valence-electron chi connectivity index (χ1n) is 11.1. The van der Waals surface area contributed by atoms with Crippen LogP contribution in [-0.4, -0.2) is 37.7 Å². The first-order chi connectivity index (χ1) is 14.8. The third-order valence-corrected chi connectivity index (χ3v) is 7.55.